The SMILES string of the molecule is Nc1c(Br)c(C(=O)O)cc2ccsc12. The number of fused-ring (bicyclic) bond motifs is 1. The molecule has 0 saturated carbocycles. The number of rotatable bonds is 1. The summed E-state index contributed by atoms with van der Waals surface area (Å²) in [6.45, 7) is 0. The van der Waals surface area contributed by atoms with Gasteiger partial charge in [-0.3, -0.25) is 0 Å². The van der Waals surface area contributed by atoms with Crippen LogP contribution in [0.15, 0.2) is 22.0 Å². The van der Waals surface area contributed by atoms with E-state index in [1.54, 1.807) is 6.07 Å². The van der Waals surface area contributed by atoms with Gasteiger partial charge in [-0.25, -0.2) is 4.79 Å². The maximum absolute atomic E-state index is 10.9. The van der Waals surface area contributed by atoms with Crippen molar-refractivity contribution in [2.45, 2.75) is 0 Å². The van der Waals surface area contributed by atoms with Gasteiger partial charge in [-0.1, -0.05) is 0 Å². The second kappa shape index (κ2) is 3.25. The Hall–Kier alpha value is -1.07. The van der Waals surface area contributed by atoms with Crippen molar-refractivity contribution in [1.82, 2.24) is 0 Å². The maximum atomic E-state index is 10.9. The second-order valence-corrected chi connectivity index (χ2v) is 4.51. The Morgan fingerprint density at radius 2 is 2.29 bits per heavy atom. The number of nitrogens with two attached hydrogens (primary N) is 1. The molecule has 0 aliphatic carbocycles. The molecule has 0 bridgehead atoms. The molecule has 0 fully saturated rings. The summed E-state index contributed by atoms with van der Waals surface area (Å²) < 4.78 is 1.38. The fourth-order valence-corrected chi connectivity index (χ4v) is 2.73. The van der Waals surface area contributed by atoms with Gasteiger partial charge >= 0.3 is 5.97 Å². The normalized spacial score (nSPS) is 10.6. The van der Waals surface area contributed by atoms with Gasteiger partial charge in [0.2, 0.25) is 0 Å². The molecule has 5 heteroatoms. The van der Waals surface area contributed by atoms with Gasteiger partial charge in [0.25, 0.3) is 0 Å². The van der Waals surface area contributed by atoms with Crippen LogP contribution in [-0.4, -0.2) is 11.1 Å². The Balaban J connectivity index is 2.87. The van der Waals surface area contributed by atoms with Gasteiger partial charge in [-0.2, -0.15) is 0 Å². The van der Waals surface area contributed by atoms with Crippen molar-refractivity contribution in [3.63, 3.8) is 0 Å². The Morgan fingerprint density at radius 3 is 2.93 bits per heavy atom. The quantitative estimate of drug-likeness (QED) is 0.784. The zero-order valence-electron chi connectivity index (χ0n) is 6.95. The molecule has 14 heavy (non-hydrogen) atoms. The van der Waals surface area contributed by atoms with Crippen LogP contribution in [0.1, 0.15) is 10.4 Å². The van der Waals surface area contributed by atoms with Crippen LogP contribution in [0.5, 0.6) is 0 Å². The lowest BCUT2D eigenvalue weighted by atomic mass is 10.1. The predicted molar refractivity (Wildman–Crippen MR) is 60.9 cm³/mol. The number of carboxylic acids is 1. The number of hydrogen-bond donors (Lipinski definition) is 2. The Bertz CT molecular complexity index is 521. The summed E-state index contributed by atoms with van der Waals surface area (Å²) in [6, 6.07) is 3.48. The summed E-state index contributed by atoms with van der Waals surface area (Å²) in [5, 5.41) is 11.7. The highest BCUT2D eigenvalue weighted by molar-refractivity contribution is 9.10. The fourth-order valence-electron chi connectivity index (χ4n) is 1.27. The van der Waals surface area contributed by atoms with Gasteiger partial charge in [0.1, 0.15) is 0 Å². The number of halogens is 1. The van der Waals surface area contributed by atoms with E-state index >= 15 is 0 Å². The molecule has 0 amide bonds. The zero-order chi connectivity index (χ0) is 10.3. The van der Waals surface area contributed by atoms with E-state index in [4.69, 9.17) is 10.8 Å². The molecule has 0 saturated heterocycles. The summed E-state index contributed by atoms with van der Waals surface area (Å²) in [4.78, 5) is 10.9. The van der Waals surface area contributed by atoms with Gasteiger partial charge in [0.15, 0.2) is 0 Å². The first kappa shape index (κ1) is 9.48. The average molecular weight is 272 g/mol. The number of benzene rings is 1. The molecule has 72 valence electrons. The van der Waals surface area contributed by atoms with Crippen molar-refractivity contribution >= 4 is 49.0 Å². The molecule has 1 heterocycles. The van der Waals surface area contributed by atoms with Gasteiger partial charge in [0, 0.05) is 0 Å². The van der Waals surface area contributed by atoms with Crippen LogP contribution in [0.4, 0.5) is 5.69 Å². The molecule has 1 aromatic carbocycles. The minimum Gasteiger partial charge on any atom is -0.478 e. The van der Waals surface area contributed by atoms with E-state index in [1.165, 1.54) is 11.3 Å². The first-order valence-electron chi connectivity index (χ1n) is 3.79. The van der Waals surface area contributed by atoms with Crippen molar-refractivity contribution in [1.29, 1.82) is 0 Å². The smallest absolute Gasteiger partial charge is 0.336 e. The zero-order valence-corrected chi connectivity index (χ0v) is 9.35. The molecular formula is C9H6BrNO2S. The summed E-state index contributed by atoms with van der Waals surface area (Å²) in [5.74, 6) is -0.975. The third-order valence-electron chi connectivity index (χ3n) is 1.94. The molecule has 0 unspecified atom stereocenters. The van der Waals surface area contributed by atoms with Gasteiger partial charge in [-0.15, -0.1) is 11.3 Å². The Labute approximate surface area is 92.3 Å². The third kappa shape index (κ3) is 1.29. The molecule has 0 atom stereocenters. The van der Waals surface area contributed by atoms with Crippen molar-refractivity contribution in [2.75, 3.05) is 5.73 Å². The Morgan fingerprint density at radius 1 is 1.57 bits per heavy atom. The molecule has 3 nitrogen and oxygen atoms in total. The Kier molecular flexibility index (Phi) is 2.20. The van der Waals surface area contributed by atoms with Crippen LogP contribution in [0.2, 0.25) is 0 Å². The van der Waals surface area contributed by atoms with E-state index < -0.39 is 5.97 Å². The van der Waals surface area contributed by atoms with Gasteiger partial charge in [0.05, 0.1) is 20.4 Å². The van der Waals surface area contributed by atoms with Crippen LogP contribution in [0.25, 0.3) is 10.1 Å². The lowest BCUT2D eigenvalue weighted by Crippen LogP contribution is -2.00. The van der Waals surface area contributed by atoms with E-state index in [2.05, 4.69) is 15.9 Å². The lowest BCUT2D eigenvalue weighted by Gasteiger charge is -2.04. The van der Waals surface area contributed by atoms with Crippen molar-refractivity contribution < 1.29 is 9.90 Å². The number of carbonyl (C=O) groups is 1. The highest BCUT2D eigenvalue weighted by Crippen LogP contribution is 2.35. The topological polar surface area (TPSA) is 63.3 Å². The van der Waals surface area contributed by atoms with Gasteiger partial charge in [-0.05, 0) is 38.8 Å². The molecular weight excluding hydrogens is 266 g/mol. The van der Waals surface area contributed by atoms with E-state index in [0.717, 1.165) is 10.1 Å². The fraction of sp³-hybridized carbons (Fsp3) is 0. The van der Waals surface area contributed by atoms with Crippen LogP contribution >= 0.6 is 27.3 Å². The van der Waals surface area contributed by atoms with Crippen molar-refractivity contribution in [2.24, 2.45) is 0 Å². The summed E-state index contributed by atoms with van der Waals surface area (Å²) in [5.41, 5.74) is 6.50. The highest BCUT2D eigenvalue weighted by Gasteiger charge is 2.14. The number of hydrogen-bond acceptors (Lipinski definition) is 3. The second-order valence-electron chi connectivity index (χ2n) is 2.80. The molecule has 2 aromatic rings. The standard InChI is InChI=1S/C9H6BrNO2S/c10-6-5(9(12)13)3-4-1-2-14-8(4)7(6)11/h1-3H,11H2,(H,12,13). The number of thiophene rings is 1. The number of carboxylic acid groups (broad SMARTS) is 1. The molecule has 0 aliphatic rings. The molecule has 0 spiro atoms. The monoisotopic (exact) mass is 271 g/mol. The third-order valence-corrected chi connectivity index (χ3v) is 3.76. The van der Waals surface area contributed by atoms with Crippen molar-refractivity contribution in [3.05, 3.63) is 27.5 Å². The molecule has 1 aromatic heterocycles. The molecule has 0 aliphatic heterocycles. The highest BCUT2D eigenvalue weighted by atomic mass is 79.9. The summed E-state index contributed by atoms with van der Waals surface area (Å²) in [7, 11) is 0. The maximum Gasteiger partial charge on any atom is 0.336 e. The first-order valence-corrected chi connectivity index (χ1v) is 5.47. The van der Waals surface area contributed by atoms with Gasteiger partial charge < -0.3 is 10.8 Å². The average Bonchev–Trinajstić information content (AvgIpc) is 2.58. The summed E-state index contributed by atoms with van der Waals surface area (Å²) in [6.07, 6.45) is 0. The van der Waals surface area contributed by atoms with E-state index in [0.29, 0.717) is 10.2 Å². The summed E-state index contributed by atoms with van der Waals surface area (Å²) >= 11 is 4.69. The molecule has 2 rings (SSSR count). The minimum atomic E-state index is -0.975. The van der Waals surface area contributed by atoms with E-state index in [9.17, 15) is 4.79 Å². The van der Waals surface area contributed by atoms with E-state index in [-0.39, 0.29) is 5.56 Å². The molecule has 0 radical (unpaired) electrons. The number of nitrogen functional groups attached to an aromatic ring is 1. The number of anilines is 1. The van der Waals surface area contributed by atoms with Crippen LogP contribution in [-0.2, 0) is 0 Å². The van der Waals surface area contributed by atoms with E-state index in [1.807, 2.05) is 11.4 Å². The van der Waals surface area contributed by atoms with Crippen LogP contribution in [0.3, 0.4) is 0 Å². The van der Waals surface area contributed by atoms with Crippen LogP contribution in [0, 0.1) is 0 Å². The van der Waals surface area contributed by atoms with Crippen molar-refractivity contribution in [3.8, 4) is 0 Å². The lowest BCUT2D eigenvalue weighted by molar-refractivity contribution is 0.0696. The predicted octanol–water partition coefficient (Wildman–Crippen LogP) is 2.94. The molecule has 3 N–H and O–H groups in total. The van der Waals surface area contributed by atoms with Crippen LogP contribution < -0.4 is 5.73 Å². The largest absolute Gasteiger partial charge is 0.478 e. The number of aromatic carboxylic acids is 1. The minimum absolute atomic E-state index is 0.202. The first-order chi connectivity index (χ1) is 6.61.